The number of pyridine rings is 1. The van der Waals surface area contributed by atoms with E-state index in [2.05, 4.69) is 21.8 Å². The van der Waals surface area contributed by atoms with E-state index in [1.165, 1.54) is 11.3 Å². The van der Waals surface area contributed by atoms with E-state index in [4.69, 9.17) is 14.7 Å². The van der Waals surface area contributed by atoms with Crippen LogP contribution in [0.15, 0.2) is 29.9 Å². The number of ether oxygens (including phenoxy) is 1. The van der Waals surface area contributed by atoms with Gasteiger partial charge in [-0.1, -0.05) is 0 Å². The predicted molar refractivity (Wildman–Crippen MR) is 131 cm³/mol. The van der Waals surface area contributed by atoms with Crippen LogP contribution in [-0.2, 0) is 4.74 Å². The van der Waals surface area contributed by atoms with Crippen LogP contribution >= 0.6 is 11.3 Å². The Balaban J connectivity index is 1.55. The summed E-state index contributed by atoms with van der Waals surface area (Å²) in [5.74, 6) is 1.33. The van der Waals surface area contributed by atoms with Crippen LogP contribution in [-0.4, -0.2) is 80.8 Å². The largest absolute Gasteiger partial charge is 0.394 e. The van der Waals surface area contributed by atoms with Gasteiger partial charge in [0.15, 0.2) is 11.6 Å². The minimum absolute atomic E-state index is 0.0208. The zero-order valence-corrected chi connectivity index (χ0v) is 19.7. The average molecular weight is 479 g/mol. The van der Waals surface area contributed by atoms with E-state index in [9.17, 15) is 9.90 Å². The number of fused-ring (bicyclic) bond motifs is 2. The summed E-state index contributed by atoms with van der Waals surface area (Å²) in [4.78, 5) is 35.2. The molecule has 4 aromatic rings. The van der Waals surface area contributed by atoms with Gasteiger partial charge in [-0.25, -0.2) is 15.0 Å². The number of carbonyl (C=O) groups is 1. The molecule has 6 rings (SSSR count). The van der Waals surface area contributed by atoms with Crippen LogP contribution in [0, 0.1) is 0 Å². The van der Waals surface area contributed by atoms with Crippen molar-refractivity contribution in [2.45, 2.75) is 31.8 Å². The number of hydrogen-bond acceptors (Lipinski definition) is 8. The normalized spacial score (nSPS) is 21.1. The fourth-order valence-corrected chi connectivity index (χ4v) is 6.00. The van der Waals surface area contributed by atoms with Crippen molar-refractivity contribution in [1.82, 2.24) is 24.8 Å². The van der Waals surface area contributed by atoms with Crippen molar-refractivity contribution in [3.05, 3.63) is 35.5 Å². The fourth-order valence-electron chi connectivity index (χ4n) is 5.02. The van der Waals surface area contributed by atoms with Crippen LogP contribution in [0.2, 0.25) is 0 Å². The molecule has 176 valence electrons. The fraction of sp³-hybridized carbons (Fsp3) is 0.417. The molecule has 9 nitrogen and oxygen atoms in total. The number of H-pyrrole nitrogens is 1. The van der Waals surface area contributed by atoms with Gasteiger partial charge in [0.05, 0.1) is 42.2 Å². The number of nitrogens with zero attached hydrogens (tertiary/aromatic N) is 5. The molecular weight excluding hydrogens is 452 g/mol. The number of morpholine rings is 1. The first-order chi connectivity index (χ1) is 16.7. The number of amides is 1. The number of aromatic nitrogens is 4. The van der Waals surface area contributed by atoms with Crippen LogP contribution in [0.1, 0.15) is 30.1 Å². The summed E-state index contributed by atoms with van der Waals surface area (Å²) >= 11 is 1.51. The summed E-state index contributed by atoms with van der Waals surface area (Å²) in [6, 6.07) is 3.91. The first-order valence-corrected chi connectivity index (χ1v) is 12.5. The molecule has 34 heavy (non-hydrogen) atoms. The van der Waals surface area contributed by atoms with Gasteiger partial charge in [0.2, 0.25) is 0 Å². The Labute approximate surface area is 200 Å². The molecule has 0 spiro atoms. The molecule has 4 aromatic heterocycles. The quantitative estimate of drug-likeness (QED) is 0.464. The molecule has 2 aliphatic heterocycles. The number of anilines is 1. The van der Waals surface area contributed by atoms with Gasteiger partial charge in [0.25, 0.3) is 5.91 Å². The highest BCUT2D eigenvalue weighted by atomic mass is 32.1. The van der Waals surface area contributed by atoms with Crippen molar-refractivity contribution >= 4 is 44.3 Å². The number of thiophene rings is 1. The summed E-state index contributed by atoms with van der Waals surface area (Å²) in [5.41, 5.74) is 2.88. The molecule has 2 aliphatic rings. The lowest BCUT2D eigenvalue weighted by atomic mass is 10.1. The number of aliphatic hydroxyl groups excluding tert-OH is 1. The molecule has 2 N–H and O–H groups in total. The number of aliphatic hydroxyl groups is 1. The Bertz CT molecular complexity index is 1370. The van der Waals surface area contributed by atoms with E-state index in [1.807, 2.05) is 23.7 Å². The molecule has 0 radical (unpaired) electrons. The van der Waals surface area contributed by atoms with Gasteiger partial charge in [-0.3, -0.25) is 4.79 Å². The van der Waals surface area contributed by atoms with Crippen LogP contribution in [0.4, 0.5) is 5.82 Å². The minimum atomic E-state index is -0.137. The molecule has 2 saturated heterocycles. The smallest absolute Gasteiger partial charge is 0.257 e. The number of likely N-dealkylation sites (tertiary alicyclic amines) is 1. The predicted octanol–water partition coefficient (Wildman–Crippen LogP) is 3.06. The molecule has 0 bridgehead atoms. The first kappa shape index (κ1) is 21.5. The number of carbonyl (C=O) groups excluding carboxylic acids is 1. The second kappa shape index (κ2) is 8.61. The molecule has 6 heterocycles. The van der Waals surface area contributed by atoms with Crippen molar-refractivity contribution in [1.29, 1.82) is 0 Å². The average Bonchev–Trinajstić information content (AvgIpc) is 3.62. The summed E-state index contributed by atoms with van der Waals surface area (Å²) < 4.78 is 6.57. The van der Waals surface area contributed by atoms with Crippen molar-refractivity contribution in [2.24, 2.45) is 0 Å². The van der Waals surface area contributed by atoms with E-state index in [-0.39, 0.29) is 24.6 Å². The van der Waals surface area contributed by atoms with Crippen LogP contribution in [0.5, 0.6) is 0 Å². The molecule has 2 atom stereocenters. The third kappa shape index (κ3) is 3.44. The van der Waals surface area contributed by atoms with E-state index in [0.717, 1.165) is 46.5 Å². The zero-order valence-electron chi connectivity index (χ0n) is 18.9. The van der Waals surface area contributed by atoms with Crippen molar-refractivity contribution < 1.29 is 14.6 Å². The number of nitrogens with one attached hydrogen (secondary N) is 1. The number of hydrogen-bond donors (Lipinski definition) is 2. The summed E-state index contributed by atoms with van der Waals surface area (Å²) in [6.45, 7) is 4.74. The van der Waals surface area contributed by atoms with Crippen LogP contribution in [0.25, 0.3) is 32.6 Å². The lowest BCUT2D eigenvalue weighted by Crippen LogP contribution is -2.44. The summed E-state index contributed by atoms with van der Waals surface area (Å²) in [5, 5.41) is 12.6. The third-order valence-corrected chi connectivity index (χ3v) is 7.78. The van der Waals surface area contributed by atoms with Gasteiger partial charge < -0.3 is 24.6 Å². The topological polar surface area (TPSA) is 107 Å². The highest BCUT2D eigenvalue weighted by molar-refractivity contribution is 7.18. The maximum Gasteiger partial charge on any atom is 0.257 e. The van der Waals surface area contributed by atoms with Gasteiger partial charge >= 0.3 is 0 Å². The third-order valence-electron chi connectivity index (χ3n) is 6.82. The Kier molecular flexibility index (Phi) is 5.43. The Morgan fingerprint density at radius 2 is 2.24 bits per heavy atom. The highest BCUT2D eigenvalue weighted by Crippen LogP contribution is 2.37. The summed E-state index contributed by atoms with van der Waals surface area (Å²) in [6.07, 6.45) is 5.32. The Morgan fingerprint density at radius 3 is 3.09 bits per heavy atom. The maximum atomic E-state index is 13.6. The maximum absolute atomic E-state index is 13.6. The lowest BCUT2D eigenvalue weighted by molar-refractivity contribution is 0.0680. The van der Waals surface area contributed by atoms with E-state index in [0.29, 0.717) is 36.7 Å². The molecule has 0 unspecified atom stereocenters. The lowest BCUT2D eigenvalue weighted by Gasteiger charge is -2.34. The van der Waals surface area contributed by atoms with E-state index >= 15 is 0 Å². The van der Waals surface area contributed by atoms with Gasteiger partial charge in [0, 0.05) is 41.8 Å². The monoisotopic (exact) mass is 478 g/mol. The SMILES string of the molecule is C[C@@H]1COCCN1c1nc(-c2ccnc3[nH]ccc23)nc2c(C(=O)N3CCC[C@@H]3CO)csc12. The van der Waals surface area contributed by atoms with Crippen LogP contribution in [0.3, 0.4) is 0 Å². The van der Waals surface area contributed by atoms with Crippen molar-refractivity contribution in [2.75, 3.05) is 37.8 Å². The van der Waals surface area contributed by atoms with Crippen molar-refractivity contribution in [3.8, 4) is 11.4 Å². The molecule has 0 aromatic carbocycles. The standard InChI is InChI=1S/C24H26N6O3S/c1-14-12-33-10-9-29(14)23-20-19(18(13-34-20)24(32)30-8-2-3-15(30)11-31)27-22(28-23)17-5-7-26-21-16(17)4-6-25-21/h4-7,13-15,31H,2-3,8-12H2,1H3,(H,25,26)/t14-,15-/m1/s1. The van der Waals surface area contributed by atoms with E-state index in [1.54, 1.807) is 11.1 Å². The molecular formula is C24H26N6O3S. The minimum Gasteiger partial charge on any atom is -0.394 e. The van der Waals surface area contributed by atoms with Crippen molar-refractivity contribution in [3.63, 3.8) is 0 Å². The second-order valence-electron chi connectivity index (χ2n) is 8.89. The first-order valence-electron chi connectivity index (χ1n) is 11.6. The molecule has 1 amide bonds. The number of rotatable bonds is 4. The molecule has 10 heteroatoms. The molecule has 0 saturated carbocycles. The molecule has 2 fully saturated rings. The zero-order chi connectivity index (χ0) is 23.2. The van der Waals surface area contributed by atoms with Crippen LogP contribution < -0.4 is 4.90 Å². The molecule has 0 aliphatic carbocycles. The Hall–Kier alpha value is -3.08. The highest BCUT2D eigenvalue weighted by Gasteiger charge is 2.32. The van der Waals surface area contributed by atoms with Gasteiger partial charge in [-0.15, -0.1) is 11.3 Å². The summed E-state index contributed by atoms with van der Waals surface area (Å²) in [7, 11) is 0. The van der Waals surface area contributed by atoms with Gasteiger partial charge in [0.1, 0.15) is 11.2 Å². The Morgan fingerprint density at radius 1 is 1.32 bits per heavy atom. The van der Waals surface area contributed by atoms with Gasteiger partial charge in [-0.2, -0.15) is 0 Å². The van der Waals surface area contributed by atoms with E-state index < -0.39 is 0 Å². The number of aromatic amines is 1. The van der Waals surface area contributed by atoms with Gasteiger partial charge in [-0.05, 0) is 31.9 Å². The second-order valence-corrected chi connectivity index (χ2v) is 9.77.